The third-order valence-corrected chi connectivity index (χ3v) is 5.29. The van der Waals surface area contributed by atoms with E-state index in [9.17, 15) is 14.4 Å². The molecule has 0 saturated heterocycles. The highest BCUT2D eigenvalue weighted by molar-refractivity contribution is 5.99. The topological polar surface area (TPSA) is 160 Å². The highest BCUT2D eigenvalue weighted by Crippen LogP contribution is 2.42. The molecule has 0 unspecified atom stereocenters. The maximum Gasteiger partial charge on any atom is 0.269 e. The van der Waals surface area contributed by atoms with Gasteiger partial charge in [-0.05, 0) is 32.4 Å². The van der Waals surface area contributed by atoms with Crippen molar-refractivity contribution < 1.29 is 41.3 Å². The first-order chi connectivity index (χ1) is 18.6. The molecule has 3 aromatic rings. The number of amides is 1. The standard InChI is InChI=1S/C22H23FN6O6.C3H8O.2H2/c1-22(2)20(30)27-19-13(35-22)6-7-16(26-19)25-18-12(23)10-24-21(28-18)29(31)11-8-14(32-3)17(34-5)15(9-11)33-4;1-2-3-4;;/h6-10,31H,1-5H3,(H2,24,25,26,27,28,30);4H,2-3H2,1H3;2*1H. The quantitative estimate of drug-likeness (QED) is 0.295. The second-order valence-corrected chi connectivity index (χ2v) is 8.52. The van der Waals surface area contributed by atoms with Gasteiger partial charge in [0, 0.05) is 21.6 Å². The molecule has 2 aromatic heterocycles. The number of ether oxygens (including phenoxy) is 4. The van der Waals surface area contributed by atoms with Gasteiger partial charge in [0.2, 0.25) is 5.75 Å². The lowest BCUT2D eigenvalue weighted by atomic mass is 10.1. The zero-order valence-electron chi connectivity index (χ0n) is 22.4. The van der Waals surface area contributed by atoms with Crippen molar-refractivity contribution in [3.05, 3.63) is 36.3 Å². The Bertz CT molecular complexity index is 1310. The van der Waals surface area contributed by atoms with Crippen molar-refractivity contribution in [2.75, 3.05) is 43.6 Å². The van der Waals surface area contributed by atoms with Gasteiger partial charge in [0.1, 0.15) is 5.82 Å². The molecule has 0 aliphatic carbocycles. The second-order valence-electron chi connectivity index (χ2n) is 8.52. The summed E-state index contributed by atoms with van der Waals surface area (Å²) in [6.07, 6.45) is 1.76. The van der Waals surface area contributed by atoms with Crippen molar-refractivity contribution in [2.45, 2.75) is 32.8 Å². The van der Waals surface area contributed by atoms with E-state index in [1.54, 1.807) is 19.9 Å². The third kappa shape index (κ3) is 6.53. The van der Waals surface area contributed by atoms with Gasteiger partial charge in [-0.25, -0.2) is 14.4 Å². The Morgan fingerprint density at radius 3 is 2.36 bits per heavy atom. The summed E-state index contributed by atoms with van der Waals surface area (Å²) in [6, 6.07) is 6.05. The number of hydrogen-bond donors (Lipinski definition) is 4. The van der Waals surface area contributed by atoms with Crippen LogP contribution in [0.4, 0.5) is 33.5 Å². The summed E-state index contributed by atoms with van der Waals surface area (Å²) in [6.45, 7) is 5.51. The number of halogens is 1. The van der Waals surface area contributed by atoms with E-state index in [2.05, 4.69) is 25.6 Å². The fraction of sp³-hybridized carbons (Fsp3) is 0.360. The minimum Gasteiger partial charge on any atom is -0.493 e. The van der Waals surface area contributed by atoms with Gasteiger partial charge in [-0.1, -0.05) is 6.92 Å². The van der Waals surface area contributed by atoms with E-state index in [0.29, 0.717) is 23.2 Å². The second kappa shape index (κ2) is 12.4. The van der Waals surface area contributed by atoms with Gasteiger partial charge in [0.25, 0.3) is 11.9 Å². The van der Waals surface area contributed by atoms with E-state index < -0.39 is 11.4 Å². The van der Waals surface area contributed by atoms with Crippen LogP contribution in [-0.4, -0.2) is 64.7 Å². The number of aliphatic hydroxyl groups excluding tert-OH is 1. The average molecular weight is 551 g/mol. The van der Waals surface area contributed by atoms with Crippen LogP contribution in [0.3, 0.4) is 0 Å². The number of hydrogen-bond acceptors (Lipinski definition) is 12. The summed E-state index contributed by atoms with van der Waals surface area (Å²) in [5.41, 5.74) is -0.874. The lowest BCUT2D eigenvalue weighted by Gasteiger charge is -2.30. The molecule has 1 aromatic carbocycles. The van der Waals surface area contributed by atoms with Crippen LogP contribution in [0.25, 0.3) is 0 Å². The molecular weight excluding hydrogens is 515 g/mol. The number of benzene rings is 1. The molecule has 3 heterocycles. The fourth-order valence-electron chi connectivity index (χ4n) is 3.24. The third-order valence-electron chi connectivity index (χ3n) is 5.29. The van der Waals surface area contributed by atoms with E-state index in [4.69, 9.17) is 24.1 Å². The van der Waals surface area contributed by atoms with E-state index in [1.807, 2.05) is 6.92 Å². The molecule has 0 saturated carbocycles. The molecule has 214 valence electrons. The maximum absolute atomic E-state index is 14.5. The molecule has 0 radical (unpaired) electrons. The highest BCUT2D eigenvalue weighted by atomic mass is 19.1. The number of carbonyl (C=O) groups excluding carboxylic acids is 1. The Morgan fingerprint density at radius 2 is 1.79 bits per heavy atom. The van der Waals surface area contributed by atoms with E-state index in [1.165, 1.54) is 39.5 Å². The number of rotatable bonds is 8. The van der Waals surface area contributed by atoms with E-state index in [-0.39, 0.29) is 49.3 Å². The summed E-state index contributed by atoms with van der Waals surface area (Å²) in [5, 5.41) is 24.6. The lowest BCUT2D eigenvalue weighted by molar-refractivity contribution is -0.129. The predicted octanol–water partition coefficient (Wildman–Crippen LogP) is 4.30. The van der Waals surface area contributed by atoms with Crippen molar-refractivity contribution in [1.82, 2.24) is 15.0 Å². The number of nitrogens with one attached hydrogen (secondary N) is 2. The van der Waals surface area contributed by atoms with Gasteiger partial charge >= 0.3 is 0 Å². The summed E-state index contributed by atoms with van der Waals surface area (Å²) < 4.78 is 36.0. The van der Waals surface area contributed by atoms with Crippen LogP contribution in [0.1, 0.15) is 30.0 Å². The number of aromatic nitrogens is 3. The minimum atomic E-state index is -1.05. The molecule has 39 heavy (non-hydrogen) atoms. The van der Waals surface area contributed by atoms with Crippen LogP contribution in [0.2, 0.25) is 0 Å². The van der Waals surface area contributed by atoms with Crippen LogP contribution >= 0.6 is 0 Å². The van der Waals surface area contributed by atoms with Crippen LogP contribution in [0.15, 0.2) is 30.5 Å². The van der Waals surface area contributed by atoms with Gasteiger partial charge in [-0.3, -0.25) is 10.0 Å². The molecule has 13 nitrogen and oxygen atoms in total. The zero-order chi connectivity index (χ0) is 28.7. The van der Waals surface area contributed by atoms with Gasteiger partial charge in [0.15, 0.2) is 40.3 Å². The van der Waals surface area contributed by atoms with Gasteiger partial charge in [-0.2, -0.15) is 10.0 Å². The molecule has 0 bridgehead atoms. The fourth-order valence-corrected chi connectivity index (χ4v) is 3.24. The molecule has 1 amide bonds. The monoisotopic (exact) mass is 550 g/mol. The largest absolute Gasteiger partial charge is 0.493 e. The Hall–Kier alpha value is -4.43. The number of anilines is 5. The predicted molar refractivity (Wildman–Crippen MR) is 144 cm³/mol. The van der Waals surface area contributed by atoms with Gasteiger partial charge < -0.3 is 34.7 Å². The Balaban J connectivity index is 0.00000131. The Kier molecular flexibility index (Phi) is 9.27. The summed E-state index contributed by atoms with van der Waals surface area (Å²) in [5.74, 6) is -0.0702. The summed E-state index contributed by atoms with van der Waals surface area (Å²) in [4.78, 5) is 24.3. The number of methoxy groups -OCH3 is 3. The highest BCUT2D eigenvalue weighted by Gasteiger charge is 2.36. The zero-order valence-corrected chi connectivity index (χ0v) is 22.4. The number of fused-ring (bicyclic) bond motifs is 1. The van der Waals surface area contributed by atoms with Crippen molar-refractivity contribution in [1.29, 1.82) is 0 Å². The Labute approximate surface area is 227 Å². The summed E-state index contributed by atoms with van der Waals surface area (Å²) in [7, 11) is 4.31. The Morgan fingerprint density at radius 1 is 1.15 bits per heavy atom. The molecule has 1 aliphatic rings. The molecule has 14 heteroatoms. The maximum atomic E-state index is 14.5. The number of aliphatic hydroxyl groups is 1. The average Bonchev–Trinajstić information content (AvgIpc) is 2.93. The van der Waals surface area contributed by atoms with Crippen molar-refractivity contribution in [2.24, 2.45) is 0 Å². The van der Waals surface area contributed by atoms with Crippen molar-refractivity contribution >= 4 is 35.0 Å². The van der Waals surface area contributed by atoms with Gasteiger partial charge in [0.05, 0.1) is 33.2 Å². The lowest BCUT2D eigenvalue weighted by Crippen LogP contribution is -2.46. The van der Waals surface area contributed by atoms with E-state index >= 15 is 0 Å². The normalized spacial score (nSPS) is 13.1. The van der Waals surface area contributed by atoms with Crippen molar-refractivity contribution in [3.8, 4) is 23.0 Å². The molecular formula is C25H35FN6O7. The van der Waals surface area contributed by atoms with Crippen LogP contribution in [-0.2, 0) is 4.79 Å². The molecule has 4 rings (SSSR count). The number of pyridine rings is 1. The first-order valence-corrected chi connectivity index (χ1v) is 11.8. The summed E-state index contributed by atoms with van der Waals surface area (Å²) >= 11 is 0. The first kappa shape index (κ1) is 29.1. The molecule has 0 atom stereocenters. The van der Waals surface area contributed by atoms with Crippen LogP contribution in [0, 0.1) is 5.82 Å². The SMILES string of the molecule is CCCO.COc1cc(N(O)c2ncc(F)c(Nc3ccc4c(n3)NC(=O)C(C)(C)O4)n2)cc(OC)c1OC.[HH].[HH]. The van der Waals surface area contributed by atoms with E-state index in [0.717, 1.165) is 12.6 Å². The smallest absolute Gasteiger partial charge is 0.269 e. The van der Waals surface area contributed by atoms with Crippen molar-refractivity contribution in [3.63, 3.8) is 0 Å². The van der Waals surface area contributed by atoms with Gasteiger partial charge in [-0.15, -0.1) is 0 Å². The molecule has 4 N–H and O–H groups in total. The minimum absolute atomic E-state index is 0. The van der Waals surface area contributed by atoms with Crippen LogP contribution < -0.4 is 34.6 Å². The van der Waals surface area contributed by atoms with Crippen LogP contribution in [0.5, 0.6) is 23.0 Å². The molecule has 0 fully saturated rings. The first-order valence-electron chi connectivity index (χ1n) is 11.8. The molecule has 0 spiro atoms. The number of nitrogens with zero attached hydrogens (tertiary/aromatic N) is 4. The molecule has 1 aliphatic heterocycles. The number of carbonyl (C=O) groups is 1.